The topological polar surface area (TPSA) is 38.8 Å². The number of rotatable bonds is 4. The van der Waals surface area contributed by atoms with Crippen LogP contribution in [-0.4, -0.2) is 25.3 Å². The first kappa shape index (κ1) is 16.2. The molecule has 1 aliphatic heterocycles. The predicted molar refractivity (Wildman–Crippen MR) is 81.0 cm³/mol. The minimum atomic E-state index is -4.38. The maximum Gasteiger partial charge on any atom is 0.416 e. The molecule has 4 nitrogen and oxygen atoms in total. The van der Waals surface area contributed by atoms with E-state index < -0.39 is 23.9 Å². The average Bonchev–Trinajstić information content (AvgIpc) is 2.94. The van der Waals surface area contributed by atoms with Gasteiger partial charge in [0.15, 0.2) is 6.10 Å². The fourth-order valence-electron chi connectivity index (χ4n) is 2.36. The highest BCUT2D eigenvalue weighted by molar-refractivity contribution is 5.89. The van der Waals surface area contributed by atoms with Crippen molar-refractivity contribution in [3.63, 3.8) is 0 Å². The lowest BCUT2D eigenvalue weighted by Crippen LogP contribution is -2.26. The lowest BCUT2D eigenvalue weighted by Gasteiger charge is -2.13. The van der Waals surface area contributed by atoms with Crippen LogP contribution in [0.2, 0.25) is 0 Å². The molecule has 0 N–H and O–H groups in total. The Bertz CT molecular complexity index is 701. The van der Waals surface area contributed by atoms with Crippen LogP contribution < -0.4 is 9.64 Å². The number of hydrogen-bond donors (Lipinski definition) is 0. The number of hydrogen-bond acceptors (Lipinski definition) is 3. The third-order valence-electron chi connectivity index (χ3n) is 3.56. The Balaban J connectivity index is 1.57. The van der Waals surface area contributed by atoms with Gasteiger partial charge in [-0.25, -0.2) is 4.79 Å². The van der Waals surface area contributed by atoms with Gasteiger partial charge in [0.2, 0.25) is 0 Å². The van der Waals surface area contributed by atoms with E-state index in [4.69, 9.17) is 9.47 Å². The number of halogens is 3. The molecule has 3 rings (SSSR count). The number of benzene rings is 2. The van der Waals surface area contributed by atoms with Gasteiger partial charge in [0.1, 0.15) is 12.4 Å². The summed E-state index contributed by atoms with van der Waals surface area (Å²) < 4.78 is 48.1. The summed E-state index contributed by atoms with van der Waals surface area (Å²) in [5.41, 5.74) is -0.0167. The van der Waals surface area contributed by atoms with Crippen LogP contribution in [0, 0.1) is 0 Å². The number of anilines is 1. The summed E-state index contributed by atoms with van der Waals surface area (Å²) in [6, 6.07) is 13.4. The summed E-state index contributed by atoms with van der Waals surface area (Å²) in [5.74, 6) is 0.289. The van der Waals surface area contributed by atoms with Crippen LogP contribution in [0.3, 0.4) is 0 Å². The van der Waals surface area contributed by atoms with Crippen LogP contribution >= 0.6 is 0 Å². The number of carbonyl (C=O) groups excluding carboxylic acids is 1. The molecule has 2 aromatic rings. The van der Waals surface area contributed by atoms with Gasteiger partial charge in [-0.3, -0.25) is 4.90 Å². The maximum atomic E-state index is 12.5. The molecular weight excluding hydrogens is 323 g/mol. The zero-order chi connectivity index (χ0) is 17.2. The van der Waals surface area contributed by atoms with Crippen molar-refractivity contribution in [2.75, 3.05) is 18.1 Å². The van der Waals surface area contributed by atoms with E-state index in [0.29, 0.717) is 6.54 Å². The van der Waals surface area contributed by atoms with Crippen molar-refractivity contribution in [1.82, 2.24) is 0 Å². The molecule has 1 saturated heterocycles. The summed E-state index contributed by atoms with van der Waals surface area (Å²) in [6.45, 7) is 0.393. The summed E-state index contributed by atoms with van der Waals surface area (Å²) in [5, 5.41) is 0. The van der Waals surface area contributed by atoms with Crippen molar-refractivity contribution in [2.45, 2.75) is 12.3 Å². The zero-order valence-electron chi connectivity index (χ0n) is 12.5. The van der Waals surface area contributed by atoms with E-state index in [-0.39, 0.29) is 12.4 Å². The second kappa shape index (κ2) is 6.43. The molecule has 126 valence electrons. The Morgan fingerprint density at radius 2 is 1.75 bits per heavy atom. The molecule has 1 unspecified atom stereocenters. The highest BCUT2D eigenvalue weighted by atomic mass is 19.4. The van der Waals surface area contributed by atoms with Gasteiger partial charge in [0, 0.05) is 5.69 Å². The second-order valence-corrected chi connectivity index (χ2v) is 5.29. The Labute approximate surface area is 136 Å². The molecule has 0 bridgehead atoms. The van der Waals surface area contributed by atoms with Gasteiger partial charge in [-0.05, 0) is 36.4 Å². The van der Waals surface area contributed by atoms with Crippen molar-refractivity contribution in [3.05, 3.63) is 60.2 Å². The average molecular weight is 337 g/mol. The highest BCUT2D eigenvalue weighted by Gasteiger charge is 2.33. The zero-order valence-corrected chi connectivity index (χ0v) is 12.5. The molecule has 0 aliphatic carbocycles. The van der Waals surface area contributed by atoms with Crippen LogP contribution in [0.15, 0.2) is 54.6 Å². The Morgan fingerprint density at radius 1 is 1.08 bits per heavy atom. The lowest BCUT2D eigenvalue weighted by molar-refractivity contribution is -0.137. The normalized spacial score (nSPS) is 17.7. The number of nitrogens with zero attached hydrogens (tertiary/aromatic N) is 1. The number of para-hydroxylation sites is 1. The van der Waals surface area contributed by atoms with Gasteiger partial charge >= 0.3 is 12.3 Å². The smallest absolute Gasteiger partial charge is 0.416 e. The van der Waals surface area contributed by atoms with E-state index in [2.05, 4.69) is 0 Å². The van der Waals surface area contributed by atoms with Gasteiger partial charge in [-0.2, -0.15) is 13.2 Å². The van der Waals surface area contributed by atoms with E-state index in [1.165, 1.54) is 17.0 Å². The number of alkyl halides is 3. The Kier molecular flexibility index (Phi) is 4.33. The minimum Gasteiger partial charge on any atom is -0.490 e. The molecule has 1 fully saturated rings. The number of carbonyl (C=O) groups is 1. The van der Waals surface area contributed by atoms with Gasteiger partial charge < -0.3 is 9.47 Å². The number of cyclic esters (lactones) is 1. The SMILES string of the molecule is O=C1OC(COc2ccc(C(F)(F)F)cc2)CN1c1ccccc1. The first-order valence-corrected chi connectivity index (χ1v) is 7.27. The molecule has 0 spiro atoms. The fourth-order valence-corrected chi connectivity index (χ4v) is 2.36. The molecule has 1 atom stereocenters. The van der Waals surface area contributed by atoms with E-state index in [0.717, 1.165) is 17.8 Å². The molecule has 1 heterocycles. The lowest BCUT2D eigenvalue weighted by atomic mass is 10.2. The first-order valence-electron chi connectivity index (χ1n) is 7.27. The van der Waals surface area contributed by atoms with Crippen molar-refractivity contribution < 1.29 is 27.4 Å². The molecule has 0 saturated carbocycles. The Morgan fingerprint density at radius 3 is 2.38 bits per heavy atom. The third kappa shape index (κ3) is 3.61. The number of amides is 1. The van der Waals surface area contributed by atoms with E-state index in [1.54, 1.807) is 12.1 Å². The first-order chi connectivity index (χ1) is 11.4. The molecule has 24 heavy (non-hydrogen) atoms. The molecule has 0 aromatic heterocycles. The molecule has 0 radical (unpaired) electrons. The van der Waals surface area contributed by atoms with Gasteiger partial charge in [0.05, 0.1) is 12.1 Å². The quantitative estimate of drug-likeness (QED) is 0.843. The van der Waals surface area contributed by atoms with E-state index in [1.807, 2.05) is 18.2 Å². The standard InChI is InChI=1S/C17H14F3NO3/c18-17(19,20)12-6-8-14(9-7-12)23-11-15-10-21(16(22)24-15)13-4-2-1-3-5-13/h1-9,15H,10-11H2. The Hall–Kier alpha value is -2.70. The highest BCUT2D eigenvalue weighted by Crippen LogP contribution is 2.30. The van der Waals surface area contributed by atoms with E-state index in [9.17, 15) is 18.0 Å². The molecule has 1 aliphatic rings. The third-order valence-corrected chi connectivity index (χ3v) is 3.56. The van der Waals surface area contributed by atoms with Crippen LogP contribution in [0.4, 0.5) is 23.7 Å². The van der Waals surface area contributed by atoms with Crippen LogP contribution in [0.5, 0.6) is 5.75 Å². The van der Waals surface area contributed by atoms with Crippen molar-refractivity contribution in [3.8, 4) is 5.75 Å². The van der Waals surface area contributed by atoms with Gasteiger partial charge in [0.25, 0.3) is 0 Å². The second-order valence-electron chi connectivity index (χ2n) is 5.29. The van der Waals surface area contributed by atoms with Crippen LogP contribution in [-0.2, 0) is 10.9 Å². The molecule has 1 amide bonds. The summed E-state index contributed by atoms with van der Waals surface area (Å²) in [7, 11) is 0. The minimum absolute atomic E-state index is 0.0699. The summed E-state index contributed by atoms with van der Waals surface area (Å²) in [6.07, 6.45) is -5.34. The number of ether oxygens (including phenoxy) is 2. The predicted octanol–water partition coefficient (Wildman–Crippen LogP) is 4.11. The molecule has 7 heteroatoms. The van der Waals surface area contributed by atoms with E-state index >= 15 is 0 Å². The molecule has 2 aromatic carbocycles. The van der Waals surface area contributed by atoms with Gasteiger partial charge in [-0.15, -0.1) is 0 Å². The molecular formula is C17H14F3NO3. The van der Waals surface area contributed by atoms with Crippen molar-refractivity contribution in [2.24, 2.45) is 0 Å². The largest absolute Gasteiger partial charge is 0.490 e. The van der Waals surface area contributed by atoms with Gasteiger partial charge in [-0.1, -0.05) is 18.2 Å². The van der Waals surface area contributed by atoms with Crippen molar-refractivity contribution in [1.29, 1.82) is 0 Å². The maximum absolute atomic E-state index is 12.5. The summed E-state index contributed by atoms with van der Waals surface area (Å²) >= 11 is 0. The van der Waals surface area contributed by atoms with Crippen molar-refractivity contribution >= 4 is 11.8 Å². The van der Waals surface area contributed by atoms with Crippen LogP contribution in [0.1, 0.15) is 5.56 Å². The van der Waals surface area contributed by atoms with Crippen LogP contribution in [0.25, 0.3) is 0 Å². The monoisotopic (exact) mass is 337 g/mol. The fraction of sp³-hybridized carbons (Fsp3) is 0.235. The summed E-state index contributed by atoms with van der Waals surface area (Å²) in [4.78, 5) is 13.4.